The molecule has 0 fully saturated rings. The van der Waals surface area contributed by atoms with Crippen molar-refractivity contribution in [1.29, 1.82) is 0 Å². The highest BCUT2D eigenvalue weighted by molar-refractivity contribution is 6.05. The third-order valence-corrected chi connectivity index (χ3v) is 10.2. The Bertz CT molecular complexity index is 2430. The Balaban J connectivity index is 1.34. The first kappa shape index (κ1) is 29.1. The van der Waals surface area contributed by atoms with Gasteiger partial charge in [-0.15, -0.1) is 0 Å². The first-order chi connectivity index (χ1) is 24.0. The topological polar surface area (TPSA) is 12.9 Å². The molecule has 1 heterocycles. The van der Waals surface area contributed by atoms with Crippen LogP contribution in [0.3, 0.4) is 0 Å². The van der Waals surface area contributed by atoms with E-state index >= 15 is 0 Å². The van der Waals surface area contributed by atoms with Gasteiger partial charge in [0.05, 0.1) is 11.4 Å². The molecule has 0 saturated heterocycles. The molecule has 0 N–H and O–H groups in total. The molecule has 0 unspecified atom stereocenters. The summed E-state index contributed by atoms with van der Waals surface area (Å²) in [5.41, 5.74) is 16.7. The molecular weight excluding hydrogens is 591 g/mol. The van der Waals surface area contributed by atoms with Crippen LogP contribution in [0.5, 0.6) is 0 Å². The number of benzene rings is 7. The summed E-state index contributed by atoms with van der Waals surface area (Å²) in [7, 11) is 0. The summed E-state index contributed by atoms with van der Waals surface area (Å²) in [6.45, 7) is 4.76. The van der Waals surface area contributed by atoms with Gasteiger partial charge in [-0.05, 0) is 103 Å². The molecule has 0 radical (unpaired) electrons. The lowest BCUT2D eigenvalue weighted by molar-refractivity contribution is 0.666. The highest BCUT2D eigenvalue weighted by Gasteiger charge is 2.38. The van der Waals surface area contributed by atoms with Crippen molar-refractivity contribution in [3.63, 3.8) is 0 Å². The zero-order valence-electron chi connectivity index (χ0n) is 27.7. The molecule has 1 nitrogen and oxygen atoms in total. The van der Waals surface area contributed by atoms with Gasteiger partial charge in [0.2, 0.25) is 0 Å². The molecule has 0 aliphatic heterocycles. The molecule has 0 amide bonds. The van der Waals surface area contributed by atoms with E-state index in [1.165, 1.54) is 60.8 Å². The van der Waals surface area contributed by atoms with Gasteiger partial charge in [-0.1, -0.05) is 153 Å². The number of hydrogen-bond acceptors (Lipinski definition) is 1. The SMILES string of the molecule is CC1(C)c2ccccc2-c2c(-c3cc(-c4ccccc4)cc(-c4cc(-c5ccccc5)nc(-c5ccccc5)c4)c3)cc3ccccc3c21. The van der Waals surface area contributed by atoms with E-state index in [1.54, 1.807) is 0 Å². The molecule has 49 heavy (non-hydrogen) atoms. The maximum Gasteiger partial charge on any atom is 0.0715 e. The van der Waals surface area contributed by atoms with Crippen molar-refractivity contribution in [2.75, 3.05) is 0 Å². The van der Waals surface area contributed by atoms with Gasteiger partial charge in [0.15, 0.2) is 0 Å². The number of hydrogen-bond donors (Lipinski definition) is 0. The molecule has 0 spiro atoms. The highest BCUT2D eigenvalue weighted by Crippen LogP contribution is 2.55. The average molecular weight is 626 g/mol. The van der Waals surface area contributed by atoms with E-state index in [2.05, 4.69) is 190 Å². The number of aromatic nitrogens is 1. The van der Waals surface area contributed by atoms with E-state index in [4.69, 9.17) is 4.98 Å². The molecule has 1 aromatic heterocycles. The molecule has 1 aliphatic carbocycles. The summed E-state index contributed by atoms with van der Waals surface area (Å²) in [6, 6.07) is 63.7. The van der Waals surface area contributed by atoms with Gasteiger partial charge in [-0.3, -0.25) is 0 Å². The Morgan fingerprint density at radius 1 is 0.388 bits per heavy atom. The molecule has 8 aromatic rings. The van der Waals surface area contributed by atoms with Crippen LogP contribution in [-0.4, -0.2) is 4.98 Å². The summed E-state index contributed by atoms with van der Waals surface area (Å²) in [5, 5.41) is 2.60. The smallest absolute Gasteiger partial charge is 0.0715 e. The predicted molar refractivity (Wildman–Crippen MR) is 206 cm³/mol. The monoisotopic (exact) mass is 625 g/mol. The van der Waals surface area contributed by atoms with Crippen molar-refractivity contribution in [3.05, 3.63) is 187 Å². The highest BCUT2D eigenvalue weighted by atomic mass is 14.7. The fourth-order valence-corrected chi connectivity index (χ4v) is 7.84. The standard InChI is InChI=1S/C48H35N/c1-48(2)43-25-15-14-24-41(43)46-42(29-35-22-12-13-23-40(35)47(46)48)39-27-36(32-16-6-3-7-17-32)26-37(28-39)38-30-44(33-18-8-4-9-19-33)49-45(31-38)34-20-10-5-11-21-34/h3-31H,1-2H3. The predicted octanol–water partition coefficient (Wildman–Crippen LogP) is 12.9. The maximum atomic E-state index is 5.18. The fourth-order valence-electron chi connectivity index (χ4n) is 7.84. The average Bonchev–Trinajstić information content (AvgIpc) is 3.42. The second-order valence-corrected chi connectivity index (χ2v) is 13.6. The molecular formula is C48H35N. The largest absolute Gasteiger partial charge is 0.248 e. The van der Waals surface area contributed by atoms with Crippen LogP contribution >= 0.6 is 0 Å². The molecule has 1 heteroatoms. The molecule has 0 atom stereocenters. The third-order valence-electron chi connectivity index (χ3n) is 10.2. The van der Waals surface area contributed by atoms with Crippen molar-refractivity contribution in [1.82, 2.24) is 4.98 Å². The van der Waals surface area contributed by atoms with Crippen molar-refractivity contribution < 1.29 is 0 Å². The van der Waals surface area contributed by atoms with Crippen LogP contribution in [0.2, 0.25) is 0 Å². The van der Waals surface area contributed by atoms with Gasteiger partial charge in [-0.2, -0.15) is 0 Å². The number of rotatable bonds is 5. The van der Waals surface area contributed by atoms with Crippen LogP contribution in [0, 0.1) is 0 Å². The van der Waals surface area contributed by atoms with Crippen molar-refractivity contribution in [2.24, 2.45) is 0 Å². The zero-order valence-corrected chi connectivity index (χ0v) is 27.7. The van der Waals surface area contributed by atoms with Crippen LogP contribution in [0.25, 0.3) is 77.8 Å². The first-order valence-corrected chi connectivity index (χ1v) is 17.0. The molecule has 1 aliphatic rings. The maximum absolute atomic E-state index is 5.18. The van der Waals surface area contributed by atoms with Crippen molar-refractivity contribution >= 4 is 10.8 Å². The molecule has 232 valence electrons. The van der Waals surface area contributed by atoms with Gasteiger partial charge in [-0.25, -0.2) is 4.98 Å². The number of fused-ring (bicyclic) bond motifs is 5. The zero-order chi connectivity index (χ0) is 33.0. The Hall–Kier alpha value is -6.05. The van der Waals surface area contributed by atoms with Crippen LogP contribution in [0.1, 0.15) is 25.0 Å². The molecule has 0 bridgehead atoms. The van der Waals surface area contributed by atoms with Crippen molar-refractivity contribution in [2.45, 2.75) is 19.3 Å². The van der Waals surface area contributed by atoms with Gasteiger partial charge in [0.25, 0.3) is 0 Å². The summed E-state index contributed by atoms with van der Waals surface area (Å²) in [4.78, 5) is 5.18. The number of nitrogens with zero attached hydrogens (tertiary/aromatic N) is 1. The minimum Gasteiger partial charge on any atom is -0.248 e. The second-order valence-electron chi connectivity index (χ2n) is 13.6. The van der Waals surface area contributed by atoms with Crippen LogP contribution in [0.15, 0.2) is 176 Å². The van der Waals surface area contributed by atoms with Gasteiger partial charge in [0.1, 0.15) is 0 Å². The summed E-state index contributed by atoms with van der Waals surface area (Å²) >= 11 is 0. The van der Waals surface area contributed by atoms with E-state index in [0.717, 1.165) is 28.1 Å². The van der Waals surface area contributed by atoms with Gasteiger partial charge < -0.3 is 0 Å². The Morgan fingerprint density at radius 3 is 1.53 bits per heavy atom. The van der Waals surface area contributed by atoms with E-state index in [-0.39, 0.29) is 5.41 Å². The van der Waals surface area contributed by atoms with E-state index in [0.29, 0.717) is 0 Å². The van der Waals surface area contributed by atoms with Crippen molar-refractivity contribution in [3.8, 4) is 67.0 Å². The Morgan fingerprint density at radius 2 is 0.878 bits per heavy atom. The van der Waals surface area contributed by atoms with E-state index in [9.17, 15) is 0 Å². The fraction of sp³-hybridized carbons (Fsp3) is 0.0625. The molecule has 0 saturated carbocycles. The lowest BCUT2D eigenvalue weighted by Crippen LogP contribution is -2.15. The van der Waals surface area contributed by atoms with Gasteiger partial charge >= 0.3 is 0 Å². The van der Waals surface area contributed by atoms with E-state index < -0.39 is 0 Å². The minimum absolute atomic E-state index is 0.123. The Kier molecular flexibility index (Phi) is 6.88. The summed E-state index contributed by atoms with van der Waals surface area (Å²) in [6.07, 6.45) is 0. The van der Waals surface area contributed by atoms with Crippen LogP contribution < -0.4 is 0 Å². The normalized spacial score (nSPS) is 12.9. The van der Waals surface area contributed by atoms with Crippen LogP contribution in [-0.2, 0) is 5.41 Å². The van der Waals surface area contributed by atoms with Crippen LogP contribution in [0.4, 0.5) is 0 Å². The lowest BCUT2D eigenvalue weighted by Gasteiger charge is -2.24. The van der Waals surface area contributed by atoms with E-state index in [1.807, 2.05) is 0 Å². The lowest BCUT2D eigenvalue weighted by atomic mass is 9.79. The Labute approximate surface area is 288 Å². The minimum atomic E-state index is -0.123. The summed E-state index contributed by atoms with van der Waals surface area (Å²) in [5.74, 6) is 0. The summed E-state index contributed by atoms with van der Waals surface area (Å²) < 4.78 is 0. The second kappa shape index (κ2) is 11.6. The number of pyridine rings is 1. The molecule has 7 aromatic carbocycles. The third kappa shape index (κ3) is 4.98. The first-order valence-electron chi connectivity index (χ1n) is 17.0. The quantitative estimate of drug-likeness (QED) is 0.185. The van der Waals surface area contributed by atoms with Gasteiger partial charge in [0, 0.05) is 16.5 Å². The molecule has 9 rings (SSSR count).